The Bertz CT molecular complexity index is 762. The van der Waals surface area contributed by atoms with E-state index in [0.29, 0.717) is 16.4 Å². The van der Waals surface area contributed by atoms with E-state index in [0.717, 1.165) is 25.3 Å². The molecule has 2 saturated heterocycles. The predicted octanol–water partition coefficient (Wildman–Crippen LogP) is -3.78. The van der Waals surface area contributed by atoms with Gasteiger partial charge < -0.3 is 43.0 Å². The van der Waals surface area contributed by atoms with Crippen LogP contribution in [-0.4, -0.2) is 78.4 Å². The first-order chi connectivity index (χ1) is 12.1. The summed E-state index contributed by atoms with van der Waals surface area (Å²) in [6.07, 6.45) is 3.09. The number of rotatable bonds is 4. The van der Waals surface area contributed by atoms with E-state index in [1.54, 1.807) is 4.57 Å². The number of imidazole rings is 1. The Hall–Kier alpha value is -0.500. The van der Waals surface area contributed by atoms with Crippen molar-refractivity contribution in [1.29, 1.82) is 0 Å². The fourth-order valence-electron chi connectivity index (χ4n) is 3.52. The number of fused-ring (bicyclic) bond motifs is 1. The minimum atomic E-state index is -1.04. The molecule has 12 heteroatoms. The van der Waals surface area contributed by atoms with Crippen LogP contribution in [0.3, 0.4) is 0 Å². The van der Waals surface area contributed by atoms with Gasteiger partial charge in [0, 0.05) is 19.5 Å². The molecule has 9 nitrogen and oxygen atoms in total. The lowest BCUT2D eigenvalue weighted by molar-refractivity contribution is -0.0290. The van der Waals surface area contributed by atoms with Crippen molar-refractivity contribution in [3.8, 4) is 0 Å². The number of nitrogens with two attached hydrogens (primary N) is 1. The van der Waals surface area contributed by atoms with Crippen molar-refractivity contribution in [1.82, 2.24) is 24.8 Å². The van der Waals surface area contributed by atoms with Gasteiger partial charge in [-0.2, -0.15) is 0 Å². The van der Waals surface area contributed by atoms with Crippen LogP contribution < -0.4 is 28.0 Å². The van der Waals surface area contributed by atoms with Crippen LogP contribution in [0.15, 0.2) is 12.7 Å². The Morgan fingerprint density at radius 3 is 2.81 bits per heavy atom. The van der Waals surface area contributed by atoms with Crippen LogP contribution in [0.5, 0.6) is 0 Å². The van der Waals surface area contributed by atoms with Crippen molar-refractivity contribution in [2.24, 2.45) is 0 Å². The number of nitrogens with zero attached hydrogens (tertiary/aromatic N) is 4. The fraction of sp³-hybridized carbons (Fsp3) is 0.667. The number of hydrogen-bond acceptors (Lipinski definition) is 8. The first-order valence-corrected chi connectivity index (χ1v) is 10.2. The largest absolute Gasteiger partial charge is 1.00 e. The molecule has 2 unspecified atom stereocenters. The molecule has 2 aromatic heterocycles. The van der Waals surface area contributed by atoms with Gasteiger partial charge in [-0.15, -0.1) is 17.0 Å². The highest BCUT2D eigenvalue weighted by molar-refractivity contribution is 8.93. The molecule has 2 aliphatic heterocycles. The number of nitrogens with one attached hydrogen (secondary N) is 1. The zero-order chi connectivity index (χ0) is 17.6. The summed E-state index contributed by atoms with van der Waals surface area (Å²) in [6.45, 7) is 2.06. The molecule has 152 valence electrons. The highest BCUT2D eigenvalue weighted by atomic mass is 79.9. The van der Waals surface area contributed by atoms with Crippen LogP contribution in [0.25, 0.3) is 11.2 Å². The normalized spacial score (nSPS) is 31.4. The van der Waals surface area contributed by atoms with Crippen molar-refractivity contribution in [2.45, 2.75) is 36.2 Å². The maximum atomic E-state index is 10.5. The second kappa shape index (κ2) is 9.33. The monoisotopic (exact) mass is 526 g/mol. The van der Waals surface area contributed by atoms with Gasteiger partial charge in [-0.05, 0) is 10.9 Å². The second-order valence-corrected chi connectivity index (χ2v) is 8.98. The molecule has 2 aliphatic rings. The summed E-state index contributed by atoms with van der Waals surface area (Å²) in [5.41, 5.74) is 6.76. The average molecular weight is 528 g/mol. The molecule has 0 radical (unpaired) electrons. The topological polar surface area (TPSA) is 131 Å². The van der Waals surface area contributed by atoms with Gasteiger partial charge >= 0.3 is 0 Å². The standard InChI is InChI=1S/C15H23N6O3S.2BrH/c1-25(8-2-3-17-4-8)5-9-11(22)12(23)15(24-9)21-7-20-10-13(16)18-6-19-14(10)21;;/h6-9,11-12,15,17,22-23H,2-5H2,1H3,(H2,16,18,19);2*1H/q+1;;/p-1/t8?,9-,11-,12-,15-,25?;;/m1../s1. The lowest BCUT2D eigenvalue weighted by Crippen LogP contribution is -3.00. The van der Waals surface area contributed by atoms with Crippen LogP contribution in [0.1, 0.15) is 12.6 Å². The number of aliphatic hydroxyl groups is 2. The van der Waals surface area contributed by atoms with Crippen LogP contribution in [0.2, 0.25) is 0 Å². The third kappa shape index (κ3) is 4.26. The van der Waals surface area contributed by atoms with E-state index in [9.17, 15) is 10.2 Å². The Morgan fingerprint density at radius 1 is 1.33 bits per heavy atom. The number of anilines is 1. The first-order valence-electron chi connectivity index (χ1n) is 8.33. The summed E-state index contributed by atoms with van der Waals surface area (Å²) in [5.74, 6) is 1.00. The molecular formula is C15H24Br2N6O3S. The van der Waals surface area contributed by atoms with E-state index in [4.69, 9.17) is 10.5 Å². The minimum Gasteiger partial charge on any atom is -1.00 e. The average Bonchev–Trinajstić information content (AvgIpc) is 3.31. The van der Waals surface area contributed by atoms with Gasteiger partial charge in [-0.3, -0.25) is 4.57 Å². The number of nitrogen functional groups attached to an aromatic ring is 1. The summed E-state index contributed by atoms with van der Waals surface area (Å²) in [5, 5.41) is 24.9. The van der Waals surface area contributed by atoms with E-state index in [1.807, 2.05) is 0 Å². The third-order valence-electron chi connectivity index (χ3n) is 5.01. The summed E-state index contributed by atoms with van der Waals surface area (Å²) in [7, 11) is 0.108. The molecule has 0 saturated carbocycles. The zero-order valence-electron chi connectivity index (χ0n) is 14.7. The molecule has 4 rings (SSSR count). The molecule has 4 heterocycles. The number of ether oxygens (including phenoxy) is 1. The smallest absolute Gasteiger partial charge is 0.167 e. The maximum absolute atomic E-state index is 10.5. The van der Waals surface area contributed by atoms with Crippen molar-refractivity contribution in [3.05, 3.63) is 12.7 Å². The van der Waals surface area contributed by atoms with Crippen molar-refractivity contribution in [3.63, 3.8) is 0 Å². The molecule has 6 atom stereocenters. The van der Waals surface area contributed by atoms with Crippen LogP contribution in [0, 0.1) is 0 Å². The predicted molar refractivity (Wildman–Crippen MR) is 105 cm³/mol. The Morgan fingerprint density at radius 2 is 2.11 bits per heavy atom. The number of halogens is 2. The molecule has 0 spiro atoms. The Balaban J connectivity index is 0.00000131. The molecule has 0 aromatic carbocycles. The summed E-state index contributed by atoms with van der Waals surface area (Å²) >= 11 is 0. The molecule has 27 heavy (non-hydrogen) atoms. The van der Waals surface area contributed by atoms with Gasteiger partial charge in [0.2, 0.25) is 0 Å². The molecule has 5 N–H and O–H groups in total. The van der Waals surface area contributed by atoms with Gasteiger partial charge in [0.25, 0.3) is 0 Å². The summed E-state index contributed by atoms with van der Waals surface area (Å²) in [6, 6.07) is 0. The van der Waals surface area contributed by atoms with Crippen molar-refractivity contribution < 1.29 is 31.9 Å². The maximum Gasteiger partial charge on any atom is 0.167 e. The van der Waals surface area contributed by atoms with E-state index < -0.39 is 24.5 Å². The second-order valence-electron chi connectivity index (χ2n) is 6.60. The van der Waals surface area contributed by atoms with Gasteiger partial charge in [-0.25, -0.2) is 15.0 Å². The highest BCUT2D eigenvalue weighted by Gasteiger charge is 2.47. The Labute approximate surface area is 181 Å². The SMILES string of the molecule is Br.C[S+](C[C@H]1O[C@@H](n2cnc3c(N)ncnc32)[C@H](O)[C@@H]1O)C1CCNC1.[Br-]. The van der Waals surface area contributed by atoms with Crippen LogP contribution >= 0.6 is 17.0 Å². The Kier molecular flexibility index (Phi) is 7.88. The molecule has 2 aromatic rings. The van der Waals surface area contributed by atoms with Crippen molar-refractivity contribution in [2.75, 3.05) is 30.8 Å². The zero-order valence-corrected chi connectivity index (χ0v) is 18.8. The summed E-state index contributed by atoms with van der Waals surface area (Å²) in [4.78, 5) is 12.3. The molecule has 0 bridgehead atoms. The van der Waals surface area contributed by atoms with Crippen LogP contribution in [0.4, 0.5) is 5.82 Å². The lowest BCUT2D eigenvalue weighted by Gasteiger charge is -2.17. The molecule has 2 fully saturated rings. The van der Waals surface area contributed by atoms with Gasteiger partial charge in [0.15, 0.2) is 17.7 Å². The van der Waals surface area contributed by atoms with Crippen LogP contribution in [-0.2, 0) is 15.6 Å². The quantitative estimate of drug-likeness (QED) is 0.298. The van der Waals surface area contributed by atoms with E-state index in [1.165, 1.54) is 12.7 Å². The first kappa shape index (κ1) is 22.8. The third-order valence-corrected chi connectivity index (χ3v) is 7.40. The van der Waals surface area contributed by atoms with E-state index in [2.05, 4.69) is 26.5 Å². The number of aromatic nitrogens is 4. The van der Waals surface area contributed by atoms with Gasteiger partial charge in [0.1, 0.15) is 41.2 Å². The number of hydrogen-bond donors (Lipinski definition) is 4. The molecule has 0 aliphatic carbocycles. The lowest BCUT2D eigenvalue weighted by atomic mass is 10.1. The molecular weight excluding hydrogens is 504 g/mol. The molecule has 0 amide bonds. The summed E-state index contributed by atoms with van der Waals surface area (Å²) < 4.78 is 7.63. The fourth-order valence-corrected chi connectivity index (χ4v) is 5.51. The minimum absolute atomic E-state index is 0. The highest BCUT2D eigenvalue weighted by Crippen LogP contribution is 2.33. The van der Waals surface area contributed by atoms with Crippen molar-refractivity contribution >= 4 is 44.9 Å². The van der Waals surface area contributed by atoms with Gasteiger partial charge in [0.05, 0.1) is 12.6 Å². The van der Waals surface area contributed by atoms with E-state index in [-0.39, 0.29) is 50.7 Å². The van der Waals surface area contributed by atoms with Gasteiger partial charge in [-0.1, -0.05) is 0 Å². The van der Waals surface area contributed by atoms with E-state index >= 15 is 0 Å². The number of aliphatic hydroxyl groups excluding tert-OH is 2.